The van der Waals surface area contributed by atoms with Crippen molar-refractivity contribution in [1.82, 2.24) is 15.5 Å². The third-order valence-corrected chi connectivity index (χ3v) is 5.30. The van der Waals surface area contributed by atoms with Crippen LogP contribution in [0, 0.1) is 11.7 Å². The van der Waals surface area contributed by atoms with Crippen LogP contribution in [0.3, 0.4) is 0 Å². The molecule has 1 atom stereocenters. The molecule has 1 saturated heterocycles. The molecule has 1 heterocycles. The molecule has 0 unspecified atom stereocenters. The molecule has 2 aromatic rings. The molecule has 2 aromatic carbocycles. The first kappa shape index (κ1) is 21.6. The van der Waals surface area contributed by atoms with Gasteiger partial charge in [-0.2, -0.15) is 0 Å². The fourth-order valence-corrected chi connectivity index (χ4v) is 3.47. The van der Waals surface area contributed by atoms with E-state index in [2.05, 4.69) is 27.7 Å². The predicted molar refractivity (Wildman–Crippen MR) is 116 cm³/mol. The molecule has 3 rings (SSSR count). The van der Waals surface area contributed by atoms with Crippen molar-refractivity contribution in [3.05, 3.63) is 66.0 Å². The second-order valence-electron chi connectivity index (χ2n) is 7.83. The largest absolute Gasteiger partial charge is 0.368 e. The Bertz CT molecular complexity index is 834. The van der Waals surface area contributed by atoms with Crippen molar-refractivity contribution >= 4 is 17.6 Å². The summed E-state index contributed by atoms with van der Waals surface area (Å²) >= 11 is 0. The van der Waals surface area contributed by atoms with Crippen molar-refractivity contribution in [2.75, 3.05) is 31.1 Å². The molecule has 0 spiro atoms. The van der Waals surface area contributed by atoms with Crippen molar-refractivity contribution in [1.29, 1.82) is 0 Å². The molecule has 1 aliphatic heterocycles. The molecule has 0 aromatic heterocycles. The summed E-state index contributed by atoms with van der Waals surface area (Å²) < 4.78 is 13.0. The van der Waals surface area contributed by atoms with Crippen LogP contribution < -0.4 is 15.5 Å². The summed E-state index contributed by atoms with van der Waals surface area (Å²) in [5, 5.41) is 5.72. The fourth-order valence-electron chi connectivity index (χ4n) is 3.47. The van der Waals surface area contributed by atoms with Gasteiger partial charge in [-0.05, 0) is 35.7 Å². The number of hydrogen-bond acceptors (Lipinski definition) is 3. The molecule has 1 fully saturated rings. The predicted octanol–water partition coefficient (Wildman–Crippen LogP) is 3.00. The zero-order valence-electron chi connectivity index (χ0n) is 17.5. The van der Waals surface area contributed by atoms with Gasteiger partial charge in [-0.25, -0.2) is 9.18 Å². The van der Waals surface area contributed by atoms with Crippen LogP contribution in [0.4, 0.5) is 14.9 Å². The van der Waals surface area contributed by atoms with E-state index in [9.17, 15) is 14.0 Å². The van der Waals surface area contributed by atoms with Crippen molar-refractivity contribution in [3.8, 4) is 0 Å². The van der Waals surface area contributed by atoms with Crippen LogP contribution in [-0.2, 0) is 11.3 Å². The number of benzene rings is 2. The molecule has 6 nitrogen and oxygen atoms in total. The van der Waals surface area contributed by atoms with E-state index in [4.69, 9.17) is 0 Å². The SMILES string of the molecule is CC(C)[C@@H](NC(=O)N1CCN(c2ccccc2)CC1)C(=O)NCc1ccc(F)cc1. The van der Waals surface area contributed by atoms with E-state index >= 15 is 0 Å². The quantitative estimate of drug-likeness (QED) is 0.767. The number of urea groups is 1. The lowest BCUT2D eigenvalue weighted by molar-refractivity contribution is -0.124. The summed E-state index contributed by atoms with van der Waals surface area (Å²) in [6.45, 7) is 6.78. The number of halogens is 1. The number of para-hydroxylation sites is 1. The van der Waals surface area contributed by atoms with Gasteiger partial charge < -0.3 is 20.4 Å². The Hall–Kier alpha value is -3.09. The average Bonchev–Trinajstić information content (AvgIpc) is 2.77. The number of amides is 3. The monoisotopic (exact) mass is 412 g/mol. The molecule has 1 aliphatic rings. The number of carbonyl (C=O) groups is 2. The highest BCUT2D eigenvalue weighted by atomic mass is 19.1. The highest BCUT2D eigenvalue weighted by Gasteiger charge is 2.28. The highest BCUT2D eigenvalue weighted by molar-refractivity contribution is 5.87. The molecule has 7 heteroatoms. The van der Waals surface area contributed by atoms with Crippen molar-refractivity contribution < 1.29 is 14.0 Å². The summed E-state index contributed by atoms with van der Waals surface area (Å²) in [6, 6.07) is 15.3. The van der Waals surface area contributed by atoms with Gasteiger partial charge in [0.1, 0.15) is 11.9 Å². The normalized spacial score (nSPS) is 15.1. The molecular formula is C23H29FN4O2. The van der Waals surface area contributed by atoms with E-state index in [1.54, 1.807) is 17.0 Å². The van der Waals surface area contributed by atoms with E-state index < -0.39 is 6.04 Å². The number of carbonyl (C=O) groups excluding carboxylic acids is 2. The average molecular weight is 413 g/mol. The van der Waals surface area contributed by atoms with Crippen LogP contribution in [0.25, 0.3) is 0 Å². The summed E-state index contributed by atoms with van der Waals surface area (Å²) in [7, 11) is 0. The smallest absolute Gasteiger partial charge is 0.318 e. The molecule has 160 valence electrons. The van der Waals surface area contributed by atoms with E-state index in [-0.39, 0.29) is 30.2 Å². The number of anilines is 1. The fraction of sp³-hybridized carbons (Fsp3) is 0.391. The molecule has 30 heavy (non-hydrogen) atoms. The third kappa shape index (κ3) is 5.72. The lowest BCUT2D eigenvalue weighted by Crippen LogP contribution is -2.57. The third-order valence-electron chi connectivity index (χ3n) is 5.30. The van der Waals surface area contributed by atoms with Crippen LogP contribution in [0.5, 0.6) is 0 Å². The number of nitrogens with zero attached hydrogens (tertiary/aromatic N) is 2. The van der Waals surface area contributed by atoms with E-state index in [0.29, 0.717) is 13.1 Å². The molecule has 2 N–H and O–H groups in total. The van der Waals surface area contributed by atoms with Crippen LogP contribution in [0.15, 0.2) is 54.6 Å². The van der Waals surface area contributed by atoms with Gasteiger partial charge in [0.2, 0.25) is 5.91 Å². The van der Waals surface area contributed by atoms with E-state index in [1.807, 2.05) is 32.0 Å². The number of piperazine rings is 1. The molecule has 0 radical (unpaired) electrons. The lowest BCUT2D eigenvalue weighted by atomic mass is 10.0. The zero-order chi connectivity index (χ0) is 21.5. The topological polar surface area (TPSA) is 64.7 Å². The summed E-state index contributed by atoms with van der Waals surface area (Å²) in [5.74, 6) is -0.622. The van der Waals surface area contributed by atoms with Gasteiger partial charge in [0.05, 0.1) is 0 Å². The Morgan fingerprint density at radius 2 is 1.60 bits per heavy atom. The Balaban J connectivity index is 1.51. The maximum absolute atomic E-state index is 13.0. The maximum Gasteiger partial charge on any atom is 0.318 e. The van der Waals surface area contributed by atoms with E-state index in [1.165, 1.54) is 12.1 Å². The standard InChI is InChI=1S/C23H29FN4O2/c1-17(2)21(22(29)25-16-18-8-10-19(24)11-9-18)26-23(30)28-14-12-27(13-15-28)20-6-4-3-5-7-20/h3-11,17,21H,12-16H2,1-2H3,(H,25,29)(H,26,30)/t21-/m1/s1. The van der Waals surface area contributed by atoms with Crippen molar-refractivity contribution in [2.24, 2.45) is 5.92 Å². The van der Waals surface area contributed by atoms with Crippen LogP contribution in [0.1, 0.15) is 19.4 Å². The van der Waals surface area contributed by atoms with Gasteiger partial charge in [-0.15, -0.1) is 0 Å². The van der Waals surface area contributed by atoms with Crippen LogP contribution >= 0.6 is 0 Å². The van der Waals surface area contributed by atoms with Crippen LogP contribution in [-0.4, -0.2) is 49.1 Å². The first-order valence-electron chi connectivity index (χ1n) is 10.3. The van der Waals surface area contributed by atoms with Gasteiger partial charge in [-0.1, -0.05) is 44.2 Å². The first-order chi connectivity index (χ1) is 14.4. The van der Waals surface area contributed by atoms with Gasteiger partial charge >= 0.3 is 6.03 Å². The van der Waals surface area contributed by atoms with Gasteiger partial charge in [-0.3, -0.25) is 4.79 Å². The first-order valence-corrected chi connectivity index (χ1v) is 10.3. The Labute approximate surface area is 177 Å². The minimum absolute atomic E-state index is 0.0622. The zero-order valence-corrected chi connectivity index (χ0v) is 17.5. The second-order valence-corrected chi connectivity index (χ2v) is 7.83. The molecule has 0 saturated carbocycles. The van der Waals surface area contributed by atoms with Crippen LogP contribution in [0.2, 0.25) is 0 Å². The van der Waals surface area contributed by atoms with Crippen molar-refractivity contribution in [2.45, 2.75) is 26.4 Å². The summed E-state index contributed by atoms with van der Waals surface area (Å²) in [4.78, 5) is 29.4. The Morgan fingerprint density at radius 3 is 2.20 bits per heavy atom. The number of rotatable bonds is 6. The lowest BCUT2D eigenvalue weighted by Gasteiger charge is -2.37. The van der Waals surface area contributed by atoms with Gasteiger partial charge in [0, 0.05) is 38.4 Å². The van der Waals surface area contributed by atoms with Gasteiger partial charge in [0.15, 0.2) is 0 Å². The second kappa shape index (κ2) is 10.1. The Morgan fingerprint density at radius 1 is 0.967 bits per heavy atom. The highest BCUT2D eigenvalue weighted by Crippen LogP contribution is 2.16. The maximum atomic E-state index is 13.0. The minimum atomic E-state index is -0.634. The Kier molecular flexibility index (Phi) is 7.27. The molecule has 0 bridgehead atoms. The van der Waals surface area contributed by atoms with Gasteiger partial charge in [0.25, 0.3) is 0 Å². The molecule has 3 amide bonds. The minimum Gasteiger partial charge on any atom is -0.368 e. The summed E-state index contributed by atoms with van der Waals surface area (Å²) in [6.07, 6.45) is 0. The summed E-state index contributed by atoms with van der Waals surface area (Å²) in [5.41, 5.74) is 1.95. The molecular weight excluding hydrogens is 383 g/mol. The molecule has 0 aliphatic carbocycles. The number of hydrogen-bond donors (Lipinski definition) is 2. The number of nitrogens with one attached hydrogen (secondary N) is 2. The van der Waals surface area contributed by atoms with E-state index in [0.717, 1.165) is 24.3 Å². The van der Waals surface area contributed by atoms with Crippen molar-refractivity contribution in [3.63, 3.8) is 0 Å².